The highest BCUT2D eigenvalue weighted by molar-refractivity contribution is 5.19. The molecular weight excluding hydrogens is 200 g/mol. The number of nitrogens with one attached hydrogen (secondary N) is 2. The summed E-state index contributed by atoms with van der Waals surface area (Å²) in [5, 5.41) is 6.82. The Hall–Kier alpha value is -0.800. The van der Waals surface area contributed by atoms with Crippen molar-refractivity contribution in [3.8, 4) is 0 Å². The van der Waals surface area contributed by atoms with Crippen LogP contribution in [0.15, 0.2) is 10.5 Å². The molecule has 0 aliphatic carbocycles. The van der Waals surface area contributed by atoms with E-state index in [-0.39, 0.29) is 0 Å². The van der Waals surface area contributed by atoms with Gasteiger partial charge in [-0.1, -0.05) is 6.92 Å². The lowest BCUT2D eigenvalue weighted by atomic mass is 10.2. The Kier molecular flexibility index (Phi) is 6.19. The Morgan fingerprint density at radius 3 is 2.50 bits per heavy atom. The van der Waals surface area contributed by atoms with Crippen molar-refractivity contribution in [1.82, 2.24) is 10.6 Å². The van der Waals surface area contributed by atoms with Crippen molar-refractivity contribution in [1.29, 1.82) is 0 Å². The highest BCUT2D eigenvalue weighted by Gasteiger charge is 2.02. The summed E-state index contributed by atoms with van der Waals surface area (Å²) < 4.78 is 5.47. The molecule has 3 nitrogen and oxygen atoms in total. The van der Waals surface area contributed by atoms with E-state index >= 15 is 0 Å². The van der Waals surface area contributed by atoms with Crippen molar-refractivity contribution in [2.24, 2.45) is 0 Å². The minimum absolute atomic E-state index is 0.914. The molecule has 0 aliphatic rings. The summed E-state index contributed by atoms with van der Waals surface area (Å²) in [6, 6.07) is 2.11. The first-order valence-corrected chi connectivity index (χ1v) is 6.21. The van der Waals surface area contributed by atoms with E-state index in [1.165, 1.54) is 18.4 Å². The van der Waals surface area contributed by atoms with E-state index < -0.39 is 0 Å². The Balaban J connectivity index is 2.05. The summed E-state index contributed by atoms with van der Waals surface area (Å²) in [6.07, 6.45) is 2.39. The van der Waals surface area contributed by atoms with Gasteiger partial charge in [0.1, 0.15) is 11.5 Å². The van der Waals surface area contributed by atoms with E-state index in [1.54, 1.807) is 0 Å². The first-order valence-electron chi connectivity index (χ1n) is 6.21. The van der Waals surface area contributed by atoms with Gasteiger partial charge in [-0.15, -0.1) is 0 Å². The summed E-state index contributed by atoms with van der Waals surface area (Å²) in [5.74, 6) is 2.04. The molecular formula is C13H24N2O. The summed E-state index contributed by atoms with van der Waals surface area (Å²) in [5.41, 5.74) is 1.28. The zero-order valence-electron chi connectivity index (χ0n) is 10.7. The number of rotatable bonds is 8. The molecule has 16 heavy (non-hydrogen) atoms. The summed E-state index contributed by atoms with van der Waals surface area (Å²) in [7, 11) is 0. The van der Waals surface area contributed by atoms with Gasteiger partial charge in [-0.25, -0.2) is 0 Å². The molecule has 0 unspecified atom stereocenters. The van der Waals surface area contributed by atoms with Gasteiger partial charge in [0.2, 0.25) is 0 Å². The van der Waals surface area contributed by atoms with E-state index in [4.69, 9.17) is 4.42 Å². The van der Waals surface area contributed by atoms with Crippen LogP contribution in [0.2, 0.25) is 0 Å². The fourth-order valence-corrected chi connectivity index (χ4v) is 1.72. The van der Waals surface area contributed by atoms with Crippen molar-refractivity contribution < 1.29 is 4.42 Å². The van der Waals surface area contributed by atoms with Gasteiger partial charge in [0.05, 0.1) is 0 Å². The minimum atomic E-state index is 0.914. The molecule has 92 valence electrons. The molecule has 0 bridgehead atoms. The van der Waals surface area contributed by atoms with Crippen LogP contribution in [0.25, 0.3) is 0 Å². The largest absolute Gasteiger partial charge is 0.466 e. The predicted octanol–water partition coefficient (Wildman–Crippen LogP) is 2.38. The van der Waals surface area contributed by atoms with Crippen LogP contribution in [-0.4, -0.2) is 19.6 Å². The molecule has 1 aromatic rings. The molecule has 0 atom stereocenters. The molecule has 0 saturated carbocycles. The van der Waals surface area contributed by atoms with Gasteiger partial charge in [-0.3, -0.25) is 0 Å². The van der Waals surface area contributed by atoms with E-state index in [0.29, 0.717) is 0 Å². The molecule has 0 aromatic carbocycles. The normalized spacial score (nSPS) is 10.9. The zero-order valence-corrected chi connectivity index (χ0v) is 10.7. The summed E-state index contributed by atoms with van der Waals surface area (Å²) >= 11 is 0. The molecule has 0 amide bonds. The SMILES string of the molecule is CCCNCCCNCc1cc(C)oc1C. The van der Waals surface area contributed by atoms with Gasteiger partial charge in [0.15, 0.2) is 0 Å². The lowest BCUT2D eigenvalue weighted by molar-refractivity contribution is 0.498. The van der Waals surface area contributed by atoms with Crippen LogP contribution in [-0.2, 0) is 6.54 Å². The van der Waals surface area contributed by atoms with Crippen LogP contribution in [0, 0.1) is 13.8 Å². The third kappa shape index (κ3) is 4.81. The second-order valence-electron chi connectivity index (χ2n) is 4.22. The molecule has 0 spiro atoms. The van der Waals surface area contributed by atoms with Crippen LogP contribution in [0.3, 0.4) is 0 Å². The molecule has 1 heterocycles. The van der Waals surface area contributed by atoms with E-state index in [1.807, 2.05) is 13.8 Å². The molecule has 0 fully saturated rings. The number of hydrogen-bond acceptors (Lipinski definition) is 3. The highest BCUT2D eigenvalue weighted by Crippen LogP contribution is 2.12. The Labute approximate surface area is 98.6 Å². The quantitative estimate of drug-likeness (QED) is 0.666. The highest BCUT2D eigenvalue weighted by atomic mass is 16.3. The van der Waals surface area contributed by atoms with Gasteiger partial charge in [0.25, 0.3) is 0 Å². The molecule has 0 radical (unpaired) electrons. The molecule has 0 saturated heterocycles. The second kappa shape index (κ2) is 7.47. The molecule has 0 aliphatic heterocycles. The number of hydrogen-bond donors (Lipinski definition) is 2. The summed E-state index contributed by atoms with van der Waals surface area (Å²) in [6.45, 7) is 10.4. The van der Waals surface area contributed by atoms with Crippen molar-refractivity contribution in [3.05, 3.63) is 23.2 Å². The average Bonchev–Trinajstić information content (AvgIpc) is 2.56. The first-order chi connectivity index (χ1) is 7.74. The molecule has 2 N–H and O–H groups in total. The maximum Gasteiger partial charge on any atom is 0.105 e. The van der Waals surface area contributed by atoms with Crippen LogP contribution in [0.1, 0.15) is 36.8 Å². The van der Waals surface area contributed by atoms with Gasteiger partial charge in [-0.05, 0) is 52.4 Å². The maximum absolute atomic E-state index is 5.47. The van der Waals surface area contributed by atoms with Crippen molar-refractivity contribution in [2.45, 2.75) is 40.2 Å². The predicted molar refractivity (Wildman–Crippen MR) is 67.7 cm³/mol. The van der Waals surface area contributed by atoms with Gasteiger partial charge in [0, 0.05) is 12.1 Å². The van der Waals surface area contributed by atoms with Crippen molar-refractivity contribution >= 4 is 0 Å². The van der Waals surface area contributed by atoms with E-state index in [0.717, 1.165) is 37.7 Å². The Morgan fingerprint density at radius 1 is 1.12 bits per heavy atom. The lowest BCUT2D eigenvalue weighted by Gasteiger charge is -2.04. The maximum atomic E-state index is 5.47. The topological polar surface area (TPSA) is 37.2 Å². The number of aryl methyl sites for hydroxylation is 2. The second-order valence-corrected chi connectivity index (χ2v) is 4.22. The zero-order chi connectivity index (χ0) is 11.8. The third-order valence-corrected chi connectivity index (χ3v) is 2.59. The van der Waals surface area contributed by atoms with E-state index in [9.17, 15) is 0 Å². The molecule has 3 heteroatoms. The smallest absolute Gasteiger partial charge is 0.105 e. The first kappa shape index (κ1) is 13.3. The minimum Gasteiger partial charge on any atom is -0.466 e. The average molecular weight is 224 g/mol. The Bertz CT molecular complexity index is 294. The van der Waals surface area contributed by atoms with Gasteiger partial charge >= 0.3 is 0 Å². The van der Waals surface area contributed by atoms with Crippen LogP contribution in [0.5, 0.6) is 0 Å². The van der Waals surface area contributed by atoms with Crippen molar-refractivity contribution in [2.75, 3.05) is 19.6 Å². The van der Waals surface area contributed by atoms with Gasteiger partial charge < -0.3 is 15.1 Å². The number of furan rings is 1. The van der Waals surface area contributed by atoms with Crippen LogP contribution < -0.4 is 10.6 Å². The fraction of sp³-hybridized carbons (Fsp3) is 0.692. The summed E-state index contributed by atoms with van der Waals surface area (Å²) in [4.78, 5) is 0. The van der Waals surface area contributed by atoms with Gasteiger partial charge in [-0.2, -0.15) is 0 Å². The standard InChI is InChI=1S/C13H24N2O/c1-4-6-14-7-5-8-15-10-13-9-11(2)16-12(13)3/h9,14-15H,4-8,10H2,1-3H3. The monoisotopic (exact) mass is 224 g/mol. The molecule has 1 aromatic heterocycles. The third-order valence-electron chi connectivity index (χ3n) is 2.59. The van der Waals surface area contributed by atoms with E-state index in [2.05, 4.69) is 23.6 Å². The Morgan fingerprint density at radius 2 is 1.88 bits per heavy atom. The molecule has 1 rings (SSSR count). The van der Waals surface area contributed by atoms with Crippen LogP contribution >= 0.6 is 0 Å². The van der Waals surface area contributed by atoms with Crippen molar-refractivity contribution in [3.63, 3.8) is 0 Å². The van der Waals surface area contributed by atoms with Crippen LogP contribution in [0.4, 0.5) is 0 Å². The lowest BCUT2D eigenvalue weighted by Crippen LogP contribution is -2.22. The fourth-order valence-electron chi connectivity index (χ4n) is 1.72.